The van der Waals surface area contributed by atoms with E-state index in [1.54, 1.807) is 20.8 Å². The van der Waals surface area contributed by atoms with Gasteiger partial charge in [0, 0.05) is 37.2 Å². The van der Waals surface area contributed by atoms with Crippen molar-refractivity contribution < 1.29 is 45.1 Å². The van der Waals surface area contributed by atoms with Gasteiger partial charge in [0.1, 0.15) is 17.2 Å². The molecule has 4 rings (SSSR count). The summed E-state index contributed by atoms with van der Waals surface area (Å²) >= 11 is 0. The Morgan fingerprint density at radius 3 is 2.30 bits per heavy atom. The number of hydrogen-bond acceptors (Lipinski definition) is 5. The number of rotatable bonds is 6. The number of alkyl halides is 3. The smallest absolute Gasteiger partial charge is 0.444 e. The highest BCUT2D eigenvalue weighted by Crippen LogP contribution is 2.36. The fraction of sp³-hybridized carbons (Fsp3) is 0.393. The zero-order chi connectivity index (χ0) is 31.9. The summed E-state index contributed by atoms with van der Waals surface area (Å²) in [5.74, 6) is -6.61. The van der Waals surface area contributed by atoms with Crippen LogP contribution in [0.5, 0.6) is 0 Å². The number of alkyl carbamates (subject to hydrolysis) is 1. The number of halogens is 7. The maximum Gasteiger partial charge on any atom is 0.449 e. The summed E-state index contributed by atoms with van der Waals surface area (Å²) in [6.45, 7) is 3.90. The van der Waals surface area contributed by atoms with Gasteiger partial charge in [-0.1, -0.05) is 6.07 Å². The Hall–Kier alpha value is -4.30. The highest BCUT2D eigenvalue weighted by molar-refractivity contribution is 5.78. The average molecular weight is 616 g/mol. The number of carbonyl (C=O) groups excluding carboxylic acids is 2. The lowest BCUT2D eigenvalue weighted by Gasteiger charge is -2.31. The zero-order valence-corrected chi connectivity index (χ0v) is 23.3. The van der Waals surface area contributed by atoms with Gasteiger partial charge < -0.3 is 25.3 Å². The summed E-state index contributed by atoms with van der Waals surface area (Å²) in [5.41, 5.74) is 3.82. The second-order valence-corrected chi connectivity index (χ2v) is 11.0. The van der Waals surface area contributed by atoms with Crippen molar-refractivity contribution in [2.45, 2.75) is 64.5 Å². The fourth-order valence-corrected chi connectivity index (χ4v) is 4.68. The Kier molecular flexibility index (Phi) is 8.65. The minimum atomic E-state index is -4.84. The van der Waals surface area contributed by atoms with E-state index in [4.69, 9.17) is 10.5 Å². The van der Waals surface area contributed by atoms with Crippen molar-refractivity contribution in [2.24, 2.45) is 0 Å². The lowest BCUT2D eigenvalue weighted by atomic mass is 10.0. The predicted molar refractivity (Wildman–Crippen MR) is 140 cm³/mol. The summed E-state index contributed by atoms with van der Waals surface area (Å²) in [6, 6.07) is 3.19. The number of nitrogens with one attached hydrogen (secondary N) is 1. The molecule has 0 unspecified atom stereocenters. The van der Waals surface area contributed by atoms with E-state index in [0.29, 0.717) is 12.1 Å². The number of nitrogens with zero attached hydrogens (tertiary/aromatic N) is 3. The van der Waals surface area contributed by atoms with E-state index >= 15 is 0 Å². The van der Waals surface area contributed by atoms with Crippen molar-refractivity contribution in [1.82, 2.24) is 19.8 Å². The number of nitrogens with two attached hydrogens (primary N) is 1. The van der Waals surface area contributed by atoms with Crippen LogP contribution in [0.4, 0.5) is 41.2 Å². The Labute approximate surface area is 241 Å². The topological polar surface area (TPSA) is 102 Å². The van der Waals surface area contributed by atoms with E-state index in [0.717, 1.165) is 10.6 Å². The van der Waals surface area contributed by atoms with Crippen LogP contribution in [0, 0.1) is 23.3 Å². The molecule has 1 atom stereocenters. The number of imidazole rings is 1. The predicted octanol–water partition coefficient (Wildman–Crippen LogP) is 5.58. The van der Waals surface area contributed by atoms with E-state index in [9.17, 15) is 40.3 Å². The molecule has 0 saturated carbocycles. The molecule has 2 amide bonds. The van der Waals surface area contributed by atoms with Gasteiger partial charge in [0.05, 0.1) is 23.6 Å². The van der Waals surface area contributed by atoms with Gasteiger partial charge in [-0.25, -0.2) is 27.3 Å². The molecule has 0 fully saturated rings. The highest BCUT2D eigenvalue weighted by Gasteiger charge is 2.41. The number of nitrogen functional groups attached to an aromatic ring is 1. The first-order valence-electron chi connectivity index (χ1n) is 13.1. The molecule has 1 aromatic heterocycles. The molecule has 3 aromatic rings. The van der Waals surface area contributed by atoms with Crippen molar-refractivity contribution >= 4 is 17.7 Å². The summed E-state index contributed by atoms with van der Waals surface area (Å²) in [6.07, 6.45) is -6.74. The van der Waals surface area contributed by atoms with Crippen LogP contribution in [0.1, 0.15) is 44.3 Å². The van der Waals surface area contributed by atoms with Crippen LogP contribution in [0.2, 0.25) is 0 Å². The van der Waals surface area contributed by atoms with Crippen LogP contribution in [0.3, 0.4) is 0 Å². The SMILES string of the molecule is CC(C)(C)OC(=O)N[C@@H](CC(=O)N1CCn2c(C(F)(F)F)nc(-c3ccc(N)c(F)c3)c2C1)Cc1cc(F)c(F)cc1F. The number of anilines is 1. The van der Waals surface area contributed by atoms with Crippen LogP contribution < -0.4 is 11.1 Å². The van der Waals surface area contributed by atoms with Gasteiger partial charge in [0.25, 0.3) is 0 Å². The summed E-state index contributed by atoms with van der Waals surface area (Å²) in [7, 11) is 0. The van der Waals surface area contributed by atoms with Gasteiger partial charge in [-0.15, -0.1) is 0 Å². The van der Waals surface area contributed by atoms with E-state index in [1.807, 2.05) is 0 Å². The van der Waals surface area contributed by atoms with Crippen LogP contribution in [-0.4, -0.2) is 44.6 Å². The fourth-order valence-electron chi connectivity index (χ4n) is 4.68. The van der Waals surface area contributed by atoms with E-state index in [-0.39, 0.29) is 47.8 Å². The van der Waals surface area contributed by atoms with Crippen LogP contribution in [-0.2, 0) is 35.2 Å². The second kappa shape index (κ2) is 11.8. The maximum absolute atomic E-state index is 14.4. The molecule has 232 valence electrons. The Balaban J connectivity index is 1.62. The van der Waals surface area contributed by atoms with Crippen LogP contribution in [0.15, 0.2) is 30.3 Å². The number of benzene rings is 2. The molecule has 2 aromatic carbocycles. The van der Waals surface area contributed by atoms with E-state index in [2.05, 4.69) is 10.3 Å². The molecule has 8 nitrogen and oxygen atoms in total. The lowest BCUT2D eigenvalue weighted by Crippen LogP contribution is -2.45. The average Bonchev–Trinajstić information content (AvgIpc) is 3.27. The van der Waals surface area contributed by atoms with E-state index < -0.39 is 71.8 Å². The molecule has 0 spiro atoms. The number of aromatic nitrogens is 2. The van der Waals surface area contributed by atoms with Crippen molar-refractivity contribution in [1.29, 1.82) is 0 Å². The van der Waals surface area contributed by atoms with Crippen LogP contribution >= 0.6 is 0 Å². The molecule has 43 heavy (non-hydrogen) atoms. The third-order valence-corrected chi connectivity index (χ3v) is 6.58. The van der Waals surface area contributed by atoms with Gasteiger partial charge in [-0.05, 0) is 51.0 Å². The molecule has 2 heterocycles. The van der Waals surface area contributed by atoms with Crippen LogP contribution in [0.25, 0.3) is 11.3 Å². The van der Waals surface area contributed by atoms with Gasteiger partial charge in [-0.2, -0.15) is 13.2 Å². The molecule has 3 N–H and O–H groups in total. The maximum atomic E-state index is 14.4. The van der Waals surface area contributed by atoms with Crippen molar-refractivity contribution in [3.05, 3.63) is 70.7 Å². The highest BCUT2D eigenvalue weighted by atomic mass is 19.4. The Morgan fingerprint density at radius 2 is 1.67 bits per heavy atom. The molecular formula is C28H28F7N5O3. The standard InChI is InChI=1S/C28H28F7N5O3/c1-27(2,3)43-26(42)37-16(8-15-10-18(30)19(31)12-17(15)29)11-23(41)39-6-7-40-22(13-39)24(38-25(40)28(33,34)35)14-4-5-21(36)20(32)9-14/h4-5,9-10,12,16H,6-8,11,13,36H2,1-3H3,(H,37,42)/t16-/m1/s1. The number of ether oxygens (including phenoxy) is 1. The molecule has 0 bridgehead atoms. The zero-order valence-electron chi connectivity index (χ0n) is 23.3. The molecule has 15 heteroatoms. The van der Waals surface area contributed by atoms with Crippen molar-refractivity contribution in [2.75, 3.05) is 12.3 Å². The third-order valence-electron chi connectivity index (χ3n) is 6.58. The largest absolute Gasteiger partial charge is 0.449 e. The quantitative estimate of drug-likeness (QED) is 0.214. The van der Waals surface area contributed by atoms with Gasteiger partial charge >= 0.3 is 12.3 Å². The summed E-state index contributed by atoms with van der Waals surface area (Å²) in [5, 5.41) is 2.43. The molecule has 1 aliphatic heterocycles. The molecule has 0 saturated heterocycles. The first-order valence-corrected chi connectivity index (χ1v) is 13.1. The van der Waals surface area contributed by atoms with Gasteiger partial charge in [0.15, 0.2) is 11.6 Å². The second-order valence-electron chi connectivity index (χ2n) is 11.0. The van der Waals surface area contributed by atoms with E-state index in [1.165, 1.54) is 17.0 Å². The first kappa shape index (κ1) is 31.6. The van der Waals surface area contributed by atoms with Gasteiger partial charge in [0.2, 0.25) is 11.7 Å². The number of amides is 2. The minimum Gasteiger partial charge on any atom is -0.444 e. The number of hydrogen-bond donors (Lipinski definition) is 2. The minimum absolute atomic E-state index is 0.0125. The summed E-state index contributed by atoms with van der Waals surface area (Å²) < 4.78 is 104. The summed E-state index contributed by atoms with van der Waals surface area (Å²) in [4.78, 5) is 30.8. The molecular weight excluding hydrogens is 587 g/mol. The van der Waals surface area contributed by atoms with Gasteiger partial charge in [-0.3, -0.25) is 4.79 Å². The monoisotopic (exact) mass is 615 g/mol. The molecule has 0 radical (unpaired) electrons. The first-order chi connectivity index (χ1) is 19.9. The number of carbonyl (C=O) groups is 2. The number of fused-ring (bicyclic) bond motifs is 1. The van der Waals surface area contributed by atoms with Crippen molar-refractivity contribution in [3.63, 3.8) is 0 Å². The molecule has 0 aliphatic carbocycles. The third kappa shape index (κ3) is 7.38. The Bertz CT molecular complexity index is 1550. The lowest BCUT2D eigenvalue weighted by molar-refractivity contribution is -0.148. The normalized spacial score (nSPS) is 14.3. The molecule has 1 aliphatic rings. The Morgan fingerprint density at radius 1 is 1.00 bits per heavy atom. The van der Waals surface area contributed by atoms with Crippen molar-refractivity contribution in [3.8, 4) is 11.3 Å².